The monoisotopic (exact) mass is 306 g/mol. The van der Waals surface area contributed by atoms with E-state index in [1.165, 1.54) is 0 Å². The Bertz CT molecular complexity index is 786. The Hall–Kier alpha value is -2.42. The van der Waals surface area contributed by atoms with Gasteiger partial charge in [0.15, 0.2) is 5.78 Å². The minimum atomic E-state index is 0.109. The number of H-pyrrole nitrogens is 1. The van der Waals surface area contributed by atoms with Gasteiger partial charge in [-0.1, -0.05) is 56.2 Å². The highest BCUT2D eigenvalue weighted by Gasteiger charge is 2.21. The first-order chi connectivity index (χ1) is 11.2. The van der Waals surface area contributed by atoms with E-state index in [2.05, 4.69) is 18.0 Å². The zero-order chi connectivity index (χ0) is 16.2. The molecule has 0 amide bonds. The maximum absolute atomic E-state index is 12.0. The van der Waals surface area contributed by atoms with Crippen molar-refractivity contribution in [3.05, 3.63) is 65.5 Å². The molecule has 0 bridgehead atoms. The number of nitrogens with zero attached hydrogens (tertiary/aromatic N) is 1. The lowest BCUT2D eigenvalue weighted by molar-refractivity contribution is 0.101. The molecule has 0 saturated carbocycles. The van der Waals surface area contributed by atoms with Gasteiger partial charge in [-0.25, -0.2) is 4.98 Å². The number of hydrogen-bond donors (Lipinski definition) is 1. The van der Waals surface area contributed by atoms with Crippen molar-refractivity contribution in [3.8, 4) is 0 Å². The Morgan fingerprint density at radius 1 is 1.13 bits per heavy atom. The van der Waals surface area contributed by atoms with Crippen molar-refractivity contribution in [2.24, 2.45) is 0 Å². The molecule has 1 unspecified atom stereocenters. The van der Waals surface area contributed by atoms with E-state index in [9.17, 15) is 4.79 Å². The normalized spacial score (nSPS) is 12.4. The summed E-state index contributed by atoms with van der Waals surface area (Å²) in [5.41, 5.74) is 3.90. The van der Waals surface area contributed by atoms with Gasteiger partial charge in [-0.05, 0) is 31.0 Å². The quantitative estimate of drug-likeness (QED) is 0.645. The predicted molar refractivity (Wildman–Crippen MR) is 93.9 cm³/mol. The van der Waals surface area contributed by atoms with Crippen LogP contribution in [0.4, 0.5) is 0 Å². The van der Waals surface area contributed by atoms with E-state index >= 15 is 0 Å². The lowest BCUT2D eigenvalue weighted by atomic mass is 9.88. The fourth-order valence-electron chi connectivity index (χ4n) is 3.11. The molecule has 23 heavy (non-hydrogen) atoms. The molecule has 1 heterocycles. The summed E-state index contributed by atoms with van der Waals surface area (Å²) < 4.78 is 0. The van der Waals surface area contributed by atoms with Gasteiger partial charge >= 0.3 is 0 Å². The van der Waals surface area contributed by atoms with Gasteiger partial charge in [0.25, 0.3) is 0 Å². The standard InChI is InChI=1S/C20H22N2O/c1-3-4-9-17(16-11-6-5-10-15(16)14(2)23)20-21-18-12-7-8-13-19(18)22-20/h5-8,10-13,17H,3-4,9H2,1-2H3,(H,21,22). The van der Waals surface area contributed by atoms with E-state index in [1.54, 1.807) is 6.92 Å². The first kappa shape index (κ1) is 15.5. The predicted octanol–water partition coefficient (Wildman–Crippen LogP) is 5.09. The summed E-state index contributed by atoms with van der Waals surface area (Å²) in [6.45, 7) is 3.82. The lowest BCUT2D eigenvalue weighted by Crippen LogP contribution is -2.09. The molecule has 1 N–H and O–H groups in total. The van der Waals surface area contributed by atoms with Gasteiger partial charge < -0.3 is 4.98 Å². The average Bonchev–Trinajstić information content (AvgIpc) is 2.99. The fraction of sp³-hybridized carbons (Fsp3) is 0.300. The molecule has 1 aromatic heterocycles. The van der Waals surface area contributed by atoms with E-state index in [-0.39, 0.29) is 11.7 Å². The number of ketones is 1. The molecular formula is C20H22N2O. The molecule has 3 aromatic rings. The Kier molecular flexibility index (Phi) is 4.56. The Balaban J connectivity index is 2.09. The Morgan fingerprint density at radius 2 is 1.87 bits per heavy atom. The second-order valence-electron chi connectivity index (χ2n) is 5.98. The topological polar surface area (TPSA) is 45.8 Å². The molecule has 118 valence electrons. The van der Waals surface area contributed by atoms with Crippen molar-refractivity contribution in [2.45, 2.75) is 39.0 Å². The van der Waals surface area contributed by atoms with Crippen LogP contribution in [-0.4, -0.2) is 15.8 Å². The highest BCUT2D eigenvalue weighted by Crippen LogP contribution is 2.31. The summed E-state index contributed by atoms with van der Waals surface area (Å²) in [6.07, 6.45) is 3.22. The number of fused-ring (bicyclic) bond motifs is 1. The van der Waals surface area contributed by atoms with Crippen molar-refractivity contribution >= 4 is 16.8 Å². The van der Waals surface area contributed by atoms with Gasteiger partial charge in [0.2, 0.25) is 0 Å². The molecule has 0 fully saturated rings. The van der Waals surface area contributed by atoms with Gasteiger partial charge in [0.05, 0.1) is 11.0 Å². The molecule has 0 saturated heterocycles. The molecule has 0 aliphatic carbocycles. The van der Waals surface area contributed by atoms with Gasteiger partial charge in [-0.3, -0.25) is 4.79 Å². The number of imidazole rings is 1. The largest absolute Gasteiger partial charge is 0.341 e. The van der Waals surface area contributed by atoms with Crippen molar-refractivity contribution in [1.29, 1.82) is 0 Å². The number of hydrogen-bond acceptors (Lipinski definition) is 2. The van der Waals surface area contributed by atoms with Gasteiger partial charge in [-0.15, -0.1) is 0 Å². The van der Waals surface area contributed by atoms with Gasteiger partial charge in [0.1, 0.15) is 5.82 Å². The Morgan fingerprint density at radius 3 is 2.61 bits per heavy atom. The van der Waals surface area contributed by atoms with Gasteiger partial charge in [0, 0.05) is 11.5 Å². The van der Waals surface area contributed by atoms with Crippen LogP contribution in [-0.2, 0) is 0 Å². The van der Waals surface area contributed by atoms with Crippen LogP contribution in [0.5, 0.6) is 0 Å². The Labute approximate surface area is 136 Å². The molecule has 3 heteroatoms. The number of Topliss-reactive ketones (excluding diaryl/α,β-unsaturated/α-hetero) is 1. The first-order valence-corrected chi connectivity index (χ1v) is 8.25. The number of nitrogens with one attached hydrogen (secondary N) is 1. The van der Waals surface area contributed by atoms with E-state index in [0.29, 0.717) is 0 Å². The van der Waals surface area contributed by atoms with Crippen LogP contribution in [0.3, 0.4) is 0 Å². The molecular weight excluding hydrogens is 284 g/mol. The van der Waals surface area contributed by atoms with Crippen LogP contribution in [0.1, 0.15) is 60.8 Å². The third-order valence-electron chi connectivity index (χ3n) is 4.30. The summed E-state index contributed by atoms with van der Waals surface area (Å²) in [4.78, 5) is 20.2. The van der Waals surface area contributed by atoms with Crippen molar-refractivity contribution in [2.75, 3.05) is 0 Å². The average molecular weight is 306 g/mol. The third kappa shape index (κ3) is 3.19. The van der Waals surface area contributed by atoms with Crippen LogP contribution < -0.4 is 0 Å². The number of para-hydroxylation sites is 2. The summed E-state index contributed by atoms with van der Waals surface area (Å²) in [7, 11) is 0. The maximum Gasteiger partial charge on any atom is 0.160 e. The van der Waals surface area contributed by atoms with E-state index in [1.807, 2.05) is 42.5 Å². The number of benzene rings is 2. The van der Waals surface area contributed by atoms with Crippen molar-refractivity contribution in [1.82, 2.24) is 9.97 Å². The fourth-order valence-corrected chi connectivity index (χ4v) is 3.11. The highest BCUT2D eigenvalue weighted by molar-refractivity contribution is 5.95. The second-order valence-corrected chi connectivity index (χ2v) is 5.98. The number of carbonyl (C=O) groups excluding carboxylic acids is 1. The SMILES string of the molecule is CCCCC(c1nc2ccccc2[nH]1)c1ccccc1C(C)=O. The molecule has 0 spiro atoms. The lowest BCUT2D eigenvalue weighted by Gasteiger charge is -2.17. The van der Waals surface area contributed by atoms with Crippen LogP contribution in [0, 0.1) is 0 Å². The molecule has 1 atom stereocenters. The molecule has 3 rings (SSSR count). The zero-order valence-electron chi connectivity index (χ0n) is 13.7. The molecule has 3 nitrogen and oxygen atoms in total. The molecule has 2 aromatic carbocycles. The van der Waals surface area contributed by atoms with E-state index < -0.39 is 0 Å². The highest BCUT2D eigenvalue weighted by atomic mass is 16.1. The maximum atomic E-state index is 12.0. The van der Waals surface area contributed by atoms with Crippen molar-refractivity contribution < 1.29 is 4.79 Å². The summed E-state index contributed by atoms with van der Waals surface area (Å²) in [6, 6.07) is 16.0. The third-order valence-corrected chi connectivity index (χ3v) is 4.30. The van der Waals surface area contributed by atoms with Crippen LogP contribution in [0.2, 0.25) is 0 Å². The zero-order valence-corrected chi connectivity index (χ0v) is 13.7. The van der Waals surface area contributed by atoms with Crippen LogP contribution in [0.15, 0.2) is 48.5 Å². The van der Waals surface area contributed by atoms with Gasteiger partial charge in [-0.2, -0.15) is 0 Å². The van der Waals surface area contributed by atoms with Crippen LogP contribution in [0.25, 0.3) is 11.0 Å². The second kappa shape index (κ2) is 6.78. The van der Waals surface area contributed by atoms with E-state index in [4.69, 9.17) is 4.98 Å². The minimum absolute atomic E-state index is 0.109. The minimum Gasteiger partial charge on any atom is -0.341 e. The molecule has 0 aliphatic heterocycles. The number of aromatic amines is 1. The van der Waals surface area contributed by atoms with Crippen LogP contribution >= 0.6 is 0 Å². The van der Waals surface area contributed by atoms with E-state index in [0.717, 1.165) is 47.2 Å². The summed E-state index contributed by atoms with van der Waals surface area (Å²) >= 11 is 0. The number of carbonyl (C=O) groups is 1. The smallest absolute Gasteiger partial charge is 0.160 e. The number of unbranched alkanes of at least 4 members (excludes halogenated alkanes) is 1. The molecule has 0 radical (unpaired) electrons. The number of rotatable bonds is 6. The molecule has 0 aliphatic rings. The summed E-state index contributed by atoms with van der Waals surface area (Å²) in [5, 5.41) is 0. The number of aromatic nitrogens is 2. The first-order valence-electron chi connectivity index (χ1n) is 8.25. The van der Waals surface area contributed by atoms with Crippen molar-refractivity contribution in [3.63, 3.8) is 0 Å². The summed E-state index contributed by atoms with van der Waals surface area (Å²) in [5.74, 6) is 1.19.